The van der Waals surface area contributed by atoms with Crippen LogP contribution in [0.25, 0.3) is 21.4 Å². The lowest BCUT2D eigenvalue weighted by atomic mass is 10.2. The van der Waals surface area contributed by atoms with E-state index in [2.05, 4.69) is 15.0 Å². The molecule has 4 heterocycles. The van der Waals surface area contributed by atoms with Gasteiger partial charge in [-0.1, -0.05) is 18.7 Å². The summed E-state index contributed by atoms with van der Waals surface area (Å²) in [6, 6.07) is 0. The zero-order chi connectivity index (χ0) is 22.2. The van der Waals surface area contributed by atoms with Crippen molar-refractivity contribution in [1.82, 2.24) is 29.1 Å². The van der Waals surface area contributed by atoms with Crippen LogP contribution in [0.1, 0.15) is 36.0 Å². The first-order valence-corrected chi connectivity index (χ1v) is 12.5. The number of aromatic nitrogens is 6. The summed E-state index contributed by atoms with van der Waals surface area (Å²) in [4.78, 5) is 43.8. The molecule has 32 heavy (non-hydrogen) atoms. The highest BCUT2D eigenvalue weighted by Crippen LogP contribution is 2.40. The van der Waals surface area contributed by atoms with Crippen molar-refractivity contribution in [1.29, 1.82) is 0 Å². The molecule has 0 saturated heterocycles. The van der Waals surface area contributed by atoms with Gasteiger partial charge in [0.05, 0.1) is 12.4 Å². The van der Waals surface area contributed by atoms with Crippen LogP contribution in [0.2, 0.25) is 0 Å². The van der Waals surface area contributed by atoms with Crippen molar-refractivity contribution in [3.8, 4) is 0 Å². The Hall–Kier alpha value is -2.50. The summed E-state index contributed by atoms with van der Waals surface area (Å²) in [7, 11) is 1.62. The van der Waals surface area contributed by atoms with E-state index in [1.54, 1.807) is 41.1 Å². The maximum absolute atomic E-state index is 12.7. The molecule has 1 N–H and O–H groups in total. The third-order valence-electron chi connectivity index (χ3n) is 5.74. The summed E-state index contributed by atoms with van der Waals surface area (Å²) in [5.74, 6) is 1.25. The lowest BCUT2D eigenvalue weighted by molar-refractivity contribution is 0.187. The Morgan fingerprint density at radius 3 is 2.91 bits per heavy atom. The molecule has 11 heteroatoms. The van der Waals surface area contributed by atoms with E-state index in [0.29, 0.717) is 36.6 Å². The van der Waals surface area contributed by atoms with E-state index in [1.807, 2.05) is 11.5 Å². The second-order valence-electron chi connectivity index (χ2n) is 7.76. The molecule has 0 fully saturated rings. The van der Waals surface area contributed by atoms with Crippen LogP contribution in [0.3, 0.4) is 0 Å². The highest BCUT2D eigenvalue weighted by molar-refractivity contribution is 7.98. The van der Waals surface area contributed by atoms with Gasteiger partial charge in [-0.3, -0.25) is 14.3 Å². The molecule has 4 aromatic rings. The van der Waals surface area contributed by atoms with Crippen molar-refractivity contribution in [2.75, 3.05) is 13.7 Å². The molecule has 0 aliphatic heterocycles. The fourth-order valence-electron chi connectivity index (χ4n) is 4.32. The van der Waals surface area contributed by atoms with Crippen molar-refractivity contribution in [3.63, 3.8) is 0 Å². The maximum atomic E-state index is 12.7. The van der Waals surface area contributed by atoms with Crippen molar-refractivity contribution in [2.24, 2.45) is 0 Å². The SMILES string of the molecule is CCCn1c(=O)[nH]c(=O)c2c1nc(CSc1ncnc3sc4c(c13)CCC4)n2CCOC. The van der Waals surface area contributed by atoms with E-state index in [0.717, 1.165) is 40.3 Å². The van der Waals surface area contributed by atoms with Crippen LogP contribution in [0.15, 0.2) is 20.9 Å². The number of aromatic amines is 1. The molecule has 0 unspecified atom stereocenters. The molecule has 0 bridgehead atoms. The monoisotopic (exact) mass is 472 g/mol. The molecule has 168 valence electrons. The molecule has 0 amide bonds. The van der Waals surface area contributed by atoms with Crippen LogP contribution in [-0.2, 0) is 36.4 Å². The van der Waals surface area contributed by atoms with Gasteiger partial charge in [0.25, 0.3) is 5.56 Å². The number of aryl methyl sites for hydroxylation is 3. The van der Waals surface area contributed by atoms with Crippen LogP contribution in [-0.4, -0.2) is 42.8 Å². The van der Waals surface area contributed by atoms with Gasteiger partial charge in [-0.25, -0.2) is 19.7 Å². The van der Waals surface area contributed by atoms with Gasteiger partial charge in [-0.2, -0.15) is 0 Å². The van der Waals surface area contributed by atoms with E-state index in [-0.39, 0.29) is 0 Å². The molecule has 9 nitrogen and oxygen atoms in total. The van der Waals surface area contributed by atoms with Gasteiger partial charge in [-0.15, -0.1) is 11.3 Å². The summed E-state index contributed by atoms with van der Waals surface area (Å²) < 4.78 is 8.68. The zero-order valence-corrected chi connectivity index (χ0v) is 19.6. The molecule has 4 aromatic heterocycles. The second-order valence-corrected chi connectivity index (χ2v) is 9.81. The van der Waals surface area contributed by atoms with Crippen LogP contribution >= 0.6 is 23.1 Å². The third kappa shape index (κ3) is 3.57. The first kappa shape index (κ1) is 21.4. The van der Waals surface area contributed by atoms with Crippen LogP contribution in [0, 0.1) is 0 Å². The minimum Gasteiger partial charge on any atom is -0.383 e. The number of hydrogen-bond donors (Lipinski definition) is 1. The first-order chi connectivity index (χ1) is 15.6. The minimum absolute atomic E-state index is 0.412. The molecular weight excluding hydrogens is 448 g/mol. The lowest BCUT2D eigenvalue weighted by Gasteiger charge is -2.09. The van der Waals surface area contributed by atoms with Gasteiger partial charge >= 0.3 is 5.69 Å². The second kappa shape index (κ2) is 8.80. The van der Waals surface area contributed by atoms with Crippen molar-refractivity contribution in [3.05, 3.63) is 43.4 Å². The Kier molecular flexibility index (Phi) is 5.87. The van der Waals surface area contributed by atoms with Gasteiger partial charge in [-0.05, 0) is 31.2 Å². The van der Waals surface area contributed by atoms with Crippen molar-refractivity contribution < 1.29 is 4.74 Å². The Labute approximate surface area is 191 Å². The number of thiophene rings is 1. The number of methoxy groups -OCH3 is 1. The smallest absolute Gasteiger partial charge is 0.330 e. The normalized spacial score (nSPS) is 13.4. The van der Waals surface area contributed by atoms with E-state index >= 15 is 0 Å². The largest absolute Gasteiger partial charge is 0.383 e. The molecule has 0 atom stereocenters. The average Bonchev–Trinajstić information content (AvgIpc) is 3.46. The van der Waals surface area contributed by atoms with E-state index in [4.69, 9.17) is 9.72 Å². The van der Waals surface area contributed by atoms with E-state index < -0.39 is 11.2 Å². The van der Waals surface area contributed by atoms with Crippen molar-refractivity contribution >= 4 is 44.5 Å². The number of ether oxygens (including phenoxy) is 1. The quantitative estimate of drug-likeness (QED) is 0.310. The Balaban J connectivity index is 1.58. The number of imidazole rings is 1. The molecule has 5 rings (SSSR count). The number of hydrogen-bond acceptors (Lipinski definition) is 8. The standard InChI is InChI=1S/C21H24N6O3S2/c1-3-7-27-17-16(18(28)25-21(27)29)26(8-9-30-2)14(24-17)10-31-19-15-12-5-4-6-13(12)32-20(15)23-11-22-19/h11H,3-10H2,1-2H3,(H,25,28,29). The minimum atomic E-state index is -0.425. The molecule has 0 radical (unpaired) electrons. The highest BCUT2D eigenvalue weighted by atomic mass is 32.2. The number of nitrogens with one attached hydrogen (secondary N) is 1. The molecular formula is C21H24N6O3S2. The van der Waals surface area contributed by atoms with Crippen LogP contribution < -0.4 is 11.2 Å². The Morgan fingerprint density at radius 1 is 1.22 bits per heavy atom. The highest BCUT2D eigenvalue weighted by Gasteiger charge is 2.23. The Bertz CT molecular complexity index is 1420. The summed E-state index contributed by atoms with van der Waals surface area (Å²) in [5, 5.41) is 2.11. The average molecular weight is 473 g/mol. The number of thioether (sulfide) groups is 1. The van der Waals surface area contributed by atoms with Gasteiger partial charge in [0.2, 0.25) is 0 Å². The molecule has 0 spiro atoms. The fourth-order valence-corrected chi connectivity index (χ4v) is 6.59. The Morgan fingerprint density at radius 2 is 2.09 bits per heavy atom. The third-order valence-corrected chi connectivity index (χ3v) is 7.92. The van der Waals surface area contributed by atoms with Crippen LogP contribution in [0.5, 0.6) is 0 Å². The summed E-state index contributed by atoms with van der Waals surface area (Å²) >= 11 is 3.36. The van der Waals surface area contributed by atoms with Crippen LogP contribution in [0.4, 0.5) is 0 Å². The van der Waals surface area contributed by atoms with Gasteiger partial charge in [0.1, 0.15) is 22.0 Å². The van der Waals surface area contributed by atoms with Crippen molar-refractivity contribution in [2.45, 2.75) is 56.5 Å². The van der Waals surface area contributed by atoms with E-state index in [9.17, 15) is 9.59 Å². The summed E-state index contributed by atoms with van der Waals surface area (Å²) in [6.07, 6.45) is 5.75. The molecule has 1 aliphatic carbocycles. The predicted molar refractivity (Wildman–Crippen MR) is 126 cm³/mol. The number of H-pyrrole nitrogens is 1. The maximum Gasteiger partial charge on any atom is 0.330 e. The molecule has 1 aliphatic rings. The van der Waals surface area contributed by atoms with E-state index in [1.165, 1.54) is 16.9 Å². The predicted octanol–water partition coefficient (Wildman–Crippen LogP) is 2.73. The van der Waals surface area contributed by atoms with Gasteiger partial charge in [0, 0.05) is 30.5 Å². The first-order valence-electron chi connectivity index (χ1n) is 10.7. The molecule has 0 saturated carbocycles. The zero-order valence-electron chi connectivity index (χ0n) is 18.0. The lowest BCUT2D eigenvalue weighted by Crippen LogP contribution is -2.31. The summed E-state index contributed by atoms with van der Waals surface area (Å²) in [6.45, 7) is 3.39. The van der Waals surface area contributed by atoms with Gasteiger partial charge in [0.15, 0.2) is 11.2 Å². The number of nitrogens with zero attached hydrogens (tertiary/aromatic N) is 5. The summed E-state index contributed by atoms with van der Waals surface area (Å²) in [5.41, 5.74) is 1.38. The number of rotatable bonds is 8. The fraction of sp³-hybridized carbons (Fsp3) is 0.476. The molecule has 0 aromatic carbocycles. The number of fused-ring (bicyclic) bond motifs is 4. The van der Waals surface area contributed by atoms with Gasteiger partial charge < -0.3 is 9.30 Å². The topological polar surface area (TPSA) is 108 Å².